The summed E-state index contributed by atoms with van der Waals surface area (Å²) in [4.78, 5) is 35.2. The van der Waals surface area contributed by atoms with Crippen LogP contribution in [0, 0.1) is 0 Å². The lowest BCUT2D eigenvalue weighted by Crippen LogP contribution is -2.09. The first kappa shape index (κ1) is 23.2. The molecule has 1 aromatic rings. The Balaban J connectivity index is 1.30. The third-order valence-corrected chi connectivity index (χ3v) is 10.1. The van der Waals surface area contributed by atoms with Gasteiger partial charge in [-0.1, -0.05) is 0 Å². The monoisotopic (exact) mass is 529 g/mol. The summed E-state index contributed by atoms with van der Waals surface area (Å²) in [6.45, 7) is 0. The molecule has 0 fully saturated rings. The quantitative estimate of drug-likeness (QED) is 0.357. The van der Waals surface area contributed by atoms with Crippen LogP contribution in [-0.2, 0) is 12.8 Å². The number of aromatic nitrogens is 1. The fourth-order valence-electron chi connectivity index (χ4n) is 8.12. The van der Waals surface area contributed by atoms with Crippen molar-refractivity contribution >= 4 is 46.4 Å². The molecule has 202 valence electrons. The van der Waals surface area contributed by atoms with Gasteiger partial charge in [0.25, 0.3) is 0 Å². The number of rotatable bonds is 0. The standard InChI is InChI=1S/C33H35N7/c1-2-10-19-18(9-1)26-17-27(19)35-29-21-12-4-6-14-23(21)31(37-29)39-33-25-16-8-7-15-24(25)32(40-33)38-30-22-13-5-3-11-20(22)28(34-26)36-30/h1-17H2,(H,34,35,36,37,38,39,40). The van der Waals surface area contributed by atoms with E-state index in [0.717, 1.165) is 92.8 Å². The van der Waals surface area contributed by atoms with Gasteiger partial charge in [0.05, 0.1) is 11.4 Å². The predicted octanol–water partition coefficient (Wildman–Crippen LogP) is 7.69. The first-order valence-electron chi connectivity index (χ1n) is 15.7. The van der Waals surface area contributed by atoms with Crippen LogP contribution in [0.3, 0.4) is 0 Å². The summed E-state index contributed by atoms with van der Waals surface area (Å²) in [6.07, 6.45) is 18.9. The van der Waals surface area contributed by atoms with Gasteiger partial charge in [-0.25, -0.2) is 30.0 Å². The SMILES string of the molecule is C1CCC2=C(C1)C1=NC3=NC(=NC4=NC(=Nc5[nH]c(c6c5CCCC6)N=C2C1)C1=C4CCCC1)C1=C3CCCC1. The molecule has 0 radical (unpaired) electrons. The minimum Gasteiger partial charge on any atom is -0.324 e. The molecule has 7 heteroatoms. The fraction of sp³-hybridized carbons (Fsp3) is 0.515. The van der Waals surface area contributed by atoms with E-state index in [9.17, 15) is 0 Å². The Bertz CT molecular complexity index is 1660. The molecule has 5 aliphatic carbocycles. The average Bonchev–Trinajstić information content (AvgIpc) is 3.73. The summed E-state index contributed by atoms with van der Waals surface area (Å²) in [6, 6.07) is 0. The minimum atomic E-state index is 0.805. The van der Waals surface area contributed by atoms with Crippen molar-refractivity contribution in [1.82, 2.24) is 4.98 Å². The summed E-state index contributed by atoms with van der Waals surface area (Å²) in [5.74, 6) is 5.43. The highest BCUT2D eigenvalue weighted by Crippen LogP contribution is 2.42. The van der Waals surface area contributed by atoms with Crippen molar-refractivity contribution in [2.45, 2.75) is 109 Å². The molecular weight excluding hydrogens is 494 g/mol. The molecule has 0 unspecified atom stereocenters. The van der Waals surface area contributed by atoms with Crippen LogP contribution in [0.15, 0.2) is 63.4 Å². The number of aliphatic imine (C=N–C) groups is 6. The van der Waals surface area contributed by atoms with E-state index in [1.54, 1.807) is 0 Å². The number of hydrogen-bond donors (Lipinski definition) is 1. The van der Waals surface area contributed by atoms with Gasteiger partial charge in [-0.3, -0.25) is 0 Å². The largest absolute Gasteiger partial charge is 0.324 e. The normalized spacial score (nSPS) is 25.4. The topological polar surface area (TPSA) is 90.0 Å². The zero-order valence-corrected chi connectivity index (χ0v) is 23.2. The van der Waals surface area contributed by atoms with E-state index in [0.29, 0.717) is 0 Å². The Labute approximate surface area is 234 Å². The Kier molecular flexibility index (Phi) is 5.24. The highest BCUT2D eigenvalue weighted by atomic mass is 15.1. The molecule has 3 aliphatic heterocycles. The number of allylic oxidation sites excluding steroid dienone is 2. The fourth-order valence-corrected chi connectivity index (χ4v) is 8.12. The zero-order chi connectivity index (χ0) is 26.2. The lowest BCUT2D eigenvalue weighted by Gasteiger charge is -2.16. The van der Waals surface area contributed by atoms with Crippen LogP contribution < -0.4 is 0 Å². The summed E-state index contributed by atoms with van der Waals surface area (Å²) >= 11 is 0. The Hall–Kier alpha value is -3.48. The van der Waals surface area contributed by atoms with Gasteiger partial charge < -0.3 is 4.98 Å². The second-order valence-electron chi connectivity index (χ2n) is 12.5. The van der Waals surface area contributed by atoms with E-state index >= 15 is 0 Å². The van der Waals surface area contributed by atoms with E-state index in [2.05, 4.69) is 4.98 Å². The van der Waals surface area contributed by atoms with Crippen LogP contribution in [-0.4, -0.2) is 39.7 Å². The average molecular weight is 530 g/mol. The lowest BCUT2D eigenvalue weighted by atomic mass is 9.91. The van der Waals surface area contributed by atoms with E-state index < -0.39 is 0 Å². The third-order valence-electron chi connectivity index (χ3n) is 10.1. The molecule has 0 atom stereocenters. The van der Waals surface area contributed by atoms with Crippen LogP contribution in [0.25, 0.3) is 0 Å². The van der Waals surface area contributed by atoms with E-state index in [1.165, 1.54) is 107 Å². The molecule has 4 heterocycles. The van der Waals surface area contributed by atoms with Crippen molar-refractivity contribution in [3.63, 3.8) is 0 Å². The van der Waals surface area contributed by atoms with Gasteiger partial charge in [-0.15, -0.1) is 0 Å². The van der Waals surface area contributed by atoms with Gasteiger partial charge in [0.15, 0.2) is 23.3 Å². The van der Waals surface area contributed by atoms with E-state index in [4.69, 9.17) is 30.0 Å². The number of fused-ring (bicyclic) bond motifs is 15. The first-order valence-corrected chi connectivity index (χ1v) is 15.7. The van der Waals surface area contributed by atoms with Gasteiger partial charge in [0.1, 0.15) is 11.6 Å². The Morgan fingerprint density at radius 2 is 0.725 bits per heavy atom. The molecule has 0 saturated carbocycles. The molecule has 0 aromatic carbocycles. The van der Waals surface area contributed by atoms with Crippen LogP contribution in [0.4, 0.5) is 11.6 Å². The minimum absolute atomic E-state index is 0.805. The number of H-pyrrole nitrogens is 1. The molecule has 0 spiro atoms. The molecule has 9 rings (SSSR count). The maximum Gasteiger partial charge on any atom is 0.160 e. The molecule has 0 amide bonds. The van der Waals surface area contributed by atoms with Gasteiger partial charge in [0.2, 0.25) is 0 Å². The van der Waals surface area contributed by atoms with Crippen molar-refractivity contribution in [2.24, 2.45) is 30.0 Å². The number of hydrogen-bond acceptors (Lipinski definition) is 6. The molecule has 8 bridgehead atoms. The second-order valence-corrected chi connectivity index (χ2v) is 12.5. The van der Waals surface area contributed by atoms with E-state index in [1.807, 2.05) is 0 Å². The van der Waals surface area contributed by atoms with Crippen LogP contribution >= 0.6 is 0 Å². The molecule has 1 N–H and O–H groups in total. The van der Waals surface area contributed by atoms with Crippen molar-refractivity contribution in [3.8, 4) is 0 Å². The maximum absolute atomic E-state index is 5.39. The maximum atomic E-state index is 5.39. The predicted molar refractivity (Wildman–Crippen MR) is 162 cm³/mol. The van der Waals surface area contributed by atoms with Crippen molar-refractivity contribution in [2.75, 3.05) is 0 Å². The molecule has 40 heavy (non-hydrogen) atoms. The highest BCUT2D eigenvalue weighted by molar-refractivity contribution is 6.32. The second kappa shape index (κ2) is 9.02. The molecule has 1 aromatic heterocycles. The smallest absolute Gasteiger partial charge is 0.160 e. The van der Waals surface area contributed by atoms with Crippen molar-refractivity contribution < 1.29 is 0 Å². The highest BCUT2D eigenvalue weighted by Gasteiger charge is 2.35. The number of aromatic amines is 1. The number of nitrogens with one attached hydrogen (secondary N) is 1. The first-order chi connectivity index (χ1) is 19.8. The molecule has 7 nitrogen and oxygen atoms in total. The lowest BCUT2D eigenvalue weighted by molar-refractivity contribution is 0.691. The van der Waals surface area contributed by atoms with Gasteiger partial charge in [0, 0.05) is 39.8 Å². The summed E-state index contributed by atoms with van der Waals surface area (Å²) in [7, 11) is 0. The molecular formula is C33H35N7. The molecule has 0 saturated heterocycles. The van der Waals surface area contributed by atoms with Crippen LogP contribution in [0.1, 0.15) is 107 Å². The number of amidine groups is 4. The zero-order valence-electron chi connectivity index (χ0n) is 23.2. The van der Waals surface area contributed by atoms with Gasteiger partial charge in [-0.05, 0) is 114 Å². The summed E-state index contributed by atoms with van der Waals surface area (Å²) in [5, 5.41) is 0. The van der Waals surface area contributed by atoms with Crippen LogP contribution in [0.2, 0.25) is 0 Å². The summed E-state index contributed by atoms with van der Waals surface area (Å²) in [5.41, 5.74) is 13.2. The van der Waals surface area contributed by atoms with E-state index in [-0.39, 0.29) is 0 Å². The Morgan fingerprint density at radius 3 is 1.25 bits per heavy atom. The Morgan fingerprint density at radius 1 is 0.350 bits per heavy atom. The molecule has 8 aliphatic rings. The van der Waals surface area contributed by atoms with Crippen molar-refractivity contribution in [3.05, 3.63) is 44.6 Å². The third kappa shape index (κ3) is 3.55. The summed E-state index contributed by atoms with van der Waals surface area (Å²) < 4.78 is 0. The number of nitrogens with zero attached hydrogens (tertiary/aromatic N) is 6. The van der Waals surface area contributed by atoms with Gasteiger partial charge >= 0.3 is 0 Å². The van der Waals surface area contributed by atoms with Gasteiger partial charge in [-0.2, -0.15) is 0 Å². The van der Waals surface area contributed by atoms with Crippen LogP contribution in [0.5, 0.6) is 0 Å². The van der Waals surface area contributed by atoms with Crippen molar-refractivity contribution in [1.29, 1.82) is 0 Å².